The molecule has 1 aliphatic carbocycles. The molecule has 2 aromatic rings. The van der Waals surface area contributed by atoms with Gasteiger partial charge in [0.1, 0.15) is 11.6 Å². The number of piperidine rings is 1. The number of halogens is 5. The minimum absolute atomic E-state index is 0.0421. The molecule has 2 aliphatic rings. The third-order valence-electron chi connectivity index (χ3n) is 7.52. The maximum Gasteiger partial charge on any atom is 0.266 e. The summed E-state index contributed by atoms with van der Waals surface area (Å²) in [4.78, 5) is 23.4. The average molecular weight is 527 g/mol. The van der Waals surface area contributed by atoms with Crippen LogP contribution in [0.4, 0.5) is 23.4 Å². The number of nitrogens with zero attached hydrogens (tertiary/aromatic N) is 3. The van der Waals surface area contributed by atoms with Gasteiger partial charge in [0.2, 0.25) is 5.28 Å². The standard InChI is InChI=1S/C26H31ClF4N4O/c1-15(17-4-3-5-18(22(17)28)23(29)30)32-24-19-14-16(6-8-20(19)33-25(27)34-24)7-9-21(36)26(31)10-12-35(2)13-11-26/h3-5,15-16,23H,6-14H2,1-2H3,(H,32,33,34)/t15-,16?/m1/s1. The van der Waals surface area contributed by atoms with E-state index in [1.54, 1.807) is 6.92 Å². The molecule has 1 unspecified atom stereocenters. The van der Waals surface area contributed by atoms with Gasteiger partial charge in [0.15, 0.2) is 11.5 Å². The van der Waals surface area contributed by atoms with Crippen molar-refractivity contribution in [2.45, 2.75) is 70.0 Å². The highest BCUT2D eigenvalue weighted by atomic mass is 35.5. The predicted octanol–water partition coefficient (Wildman–Crippen LogP) is 6.27. The van der Waals surface area contributed by atoms with Gasteiger partial charge in [-0.2, -0.15) is 0 Å². The Balaban J connectivity index is 1.46. The van der Waals surface area contributed by atoms with Crippen LogP contribution in [0.15, 0.2) is 18.2 Å². The van der Waals surface area contributed by atoms with Crippen LogP contribution in [0.2, 0.25) is 5.28 Å². The smallest absolute Gasteiger partial charge is 0.266 e. The van der Waals surface area contributed by atoms with Gasteiger partial charge < -0.3 is 10.2 Å². The van der Waals surface area contributed by atoms with E-state index < -0.39 is 29.5 Å². The van der Waals surface area contributed by atoms with Gasteiger partial charge in [0.25, 0.3) is 6.43 Å². The molecule has 36 heavy (non-hydrogen) atoms. The molecule has 0 radical (unpaired) electrons. The fraction of sp³-hybridized carbons (Fsp3) is 0.577. The third-order valence-corrected chi connectivity index (χ3v) is 7.69. The highest BCUT2D eigenvalue weighted by Gasteiger charge is 2.40. The first-order valence-electron chi connectivity index (χ1n) is 12.4. The first-order chi connectivity index (χ1) is 17.1. The number of ketones is 1. The quantitative estimate of drug-likeness (QED) is 0.324. The van der Waals surface area contributed by atoms with Crippen LogP contribution < -0.4 is 5.32 Å². The summed E-state index contributed by atoms with van der Waals surface area (Å²) in [6.07, 6.45) is 0.267. The number of anilines is 1. The number of hydrogen-bond acceptors (Lipinski definition) is 5. The summed E-state index contributed by atoms with van der Waals surface area (Å²) in [6.45, 7) is 2.81. The van der Waals surface area contributed by atoms with Crippen molar-refractivity contribution in [3.63, 3.8) is 0 Å². The lowest BCUT2D eigenvalue weighted by molar-refractivity contribution is -0.133. The van der Waals surface area contributed by atoms with Crippen LogP contribution >= 0.6 is 11.6 Å². The molecule has 2 atom stereocenters. The van der Waals surface area contributed by atoms with E-state index in [-0.39, 0.29) is 41.8 Å². The van der Waals surface area contributed by atoms with Gasteiger partial charge in [0, 0.05) is 43.5 Å². The van der Waals surface area contributed by atoms with Crippen molar-refractivity contribution >= 4 is 23.2 Å². The molecule has 5 nitrogen and oxygen atoms in total. The highest BCUT2D eigenvalue weighted by Crippen LogP contribution is 2.36. The maximum absolute atomic E-state index is 15.2. The number of rotatable bonds is 8. The monoisotopic (exact) mass is 526 g/mol. The minimum atomic E-state index is -2.92. The van der Waals surface area contributed by atoms with Crippen molar-refractivity contribution < 1.29 is 22.4 Å². The van der Waals surface area contributed by atoms with E-state index in [4.69, 9.17) is 11.6 Å². The largest absolute Gasteiger partial charge is 0.363 e. The van der Waals surface area contributed by atoms with E-state index in [1.165, 1.54) is 12.1 Å². The summed E-state index contributed by atoms with van der Waals surface area (Å²) in [6, 6.07) is 3.27. The summed E-state index contributed by atoms with van der Waals surface area (Å²) < 4.78 is 56.2. The first kappa shape index (κ1) is 26.8. The third kappa shape index (κ3) is 5.83. The van der Waals surface area contributed by atoms with E-state index in [0.29, 0.717) is 38.2 Å². The van der Waals surface area contributed by atoms with Gasteiger partial charge in [-0.05, 0) is 57.2 Å². The molecule has 0 amide bonds. The molecular weight excluding hydrogens is 496 g/mol. The fourth-order valence-corrected chi connectivity index (χ4v) is 5.37. The van der Waals surface area contributed by atoms with Crippen molar-refractivity contribution in [3.8, 4) is 0 Å². The molecule has 1 fully saturated rings. The molecule has 4 rings (SSSR count). The van der Waals surface area contributed by atoms with Crippen LogP contribution in [-0.2, 0) is 17.6 Å². The van der Waals surface area contributed by atoms with Crippen molar-refractivity contribution in [2.75, 3.05) is 25.5 Å². The molecule has 1 aromatic carbocycles. The molecule has 1 saturated heterocycles. The van der Waals surface area contributed by atoms with Crippen LogP contribution in [0.3, 0.4) is 0 Å². The van der Waals surface area contributed by atoms with Crippen LogP contribution in [0.25, 0.3) is 0 Å². The zero-order chi connectivity index (χ0) is 26.0. The molecule has 1 aromatic heterocycles. The Bertz CT molecular complexity index is 1110. The Morgan fingerprint density at radius 2 is 1.94 bits per heavy atom. The molecule has 196 valence electrons. The van der Waals surface area contributed by atoms with Gasteiger partial charge >= 0.3 is 0 Å². The lowest BCUT2D eigenvalue weighted by Gasteiger charge is -2.34. The number of benzene rings is 1. The zero-order valence-electron chi connectivity index (χ0n) is 20.5. The maximum atomic E-state index is 15.2. The summed E-state index contributed by atoms with van der Waals surface area (Å²) >= 11 is 6.13. The molecule has 0 bridgehead atoms. The van der Waals surface area contributed by atoms with E-state index in [9.17, 15) is 18.0 Å². The minimum Gasteiger partial charge on any atom is -0.363 e. The van der Waals surface area contributed by atoms with E-state index >= 15 is 4.39 Å². The Morgan fingerprint density at radius 1 is 1.25 bits per heavy atom. The topological polar surface area (TPSA) is 58.1 Å². The van der Waals surface area contributed by atoms with Gasteiger partial charge in [-0.15, -0.1) is 0 Å². The van der Waals surface area contributed by atoms with Crippen molar-refractivity contribution in [3.05, 3.63) is 51.7 Å². The van der Waals surface area contributed by atoms with Crippen LogP contribution in [0, 0.1) is 11.7 Å². The number of hydrogen-bond donors (Lipinski definition) is 1. The lowest BCUT2D eigenvalue weighted by Crippen LogP contribution is -2.45. The molecular formula is C26H31ClF4N4O. The second kappa shape index (κ2) is 11.0. The van der Waals surface area contributed by atoms with Crippen LogP contribution in [0.5, 0.6) is 0 Å². The summed E-state index contributed by atoms with van der Waals surface area (Å²) in [5, 5.41) is 3.17. The number of aryl methyl sites for hydroxylation is 1. The Labute approximate surface area is 213 Å². The molecule has 2 heterocycles. The van der Waals surface area contributed by atoms with Gasteiger partial charge in [-0.25, -0.2) is 27.5 Å². The van der Waals surface area contributed by atoms with E-state index in [0.717, 1.165) is 23.7 Å². The average Bonchev–Trinajstić information content (AvgIpc) is 2.84. The SMILES string of the molecule is C[C@@H](Nc1nc(Cl)nc2c1CC(CCC(=O)C1(F)CCN(C)CC1)CC2)c1cccc(C(F)F)c1F. The molecule has 0 saturated carbocycles. The Hall–Kier alpha value is -2.26. The van der Waals surface area contributed by atoms with Gasteiger partial charge in [-0.1, -0.05) is 18.2 Å². The number of carbonyl (C=O) groups excluding carboxylic acids is 1. The predicted molar refractivity (Wildman–Crippen MR) is 131 cm³/mol. The molecule has 1 N–H and O–H groups in total. The lowest BCUT2D eigenvalue weighted by atomic mass is 9.81. The summed E-state index contributed by atoms with van der Waals surface area (Å²) in [5.41, 5.74) is -0.709. The molecule has 10 heteroatoms. The number of carbonyl (C=O) groups is 1. The van der Waals surface area contributed by atoms with Crippen molar-refractivity contribution in [2.24, 2.45) is 5.92 Å². The summed E-state index contributed by atoms with van der Waals surface area (Å²) in [5.74, 6) is -0.717. The number of nitrogens with one attached hydrogen (secondary N) is 1. The fourth-order valence-electron chi connectivity index (χ4n) is 5.18. The number of fused-ring (bicyclic) bond motifs is 1. The highest BCUT2D eigenvalue weighted by molar-refractivity contribution is 6.28. The zero-order valence-corrected chi connectivity index (χ0v) is 21.2. The second-order valence-corrected chi connectivity index (χ2v) is 10.4. The normalized spacial score (nSPS) is 20.7. The molecule has 0 spiro atoms. The Kier molecular flexibility index (Phi) is 8.19. The van der Waals surface area contributed by atoms with E-state index in [1.807, 2.05) is 11.9 Å². The number of Topliss-reactive ketones (excluding diaryl/α,β-unsaturated/α-hetero) is 1. The van der Waals surface area contributed by atoms with Crippen molar-refractivity contribution in [1.82, 2.24) is 14.9 Å². The Morgan fingerprint density at radius 3 is 2.64 bits per heavy atom. The van der Waals surface area contributed by atoms with Crippen molar-refractivity contribution in [1.29, 1.82) is 0 Å². The van der Waals surface area contributed by atoms with Gasteiger partial charge in [-0.3, -0.25) is 4.79 Å². The van der Waals surface area contributed by atoms with Crippen LogP contribution in [0.1, 0.15) is 73.9 Å². The van der Waals surface area contributed by atoms with E-state index in [2.05, 4.69) is 15.3 Å². The summed E-state index contributed by atoms with van der Waals surface area (Å²) in [7, 11) is 1.92. The second-order valence-electron chi connectivity index (χ2n) is 10.0. The van der Waals surface area contributed by atoms with Gasteiger partial charge in [0.05, 0.1) is 17.3 Å². The number of aromatic nitrogens is 2. The first-order valence-corrected chi connectivity index (χ1v) is 12.7. The number of likely N-dealkylation sites (tertiary alicyclic amines) is 1. The molecule has 1 aliphatic heterocycles. The van der Waals surface area contributed by atoms with Crippen LogP contribution in [-0.4, -0.2) is 46.5 Å². The number of alkyl halides is 3.